The van der Waals surface area contributed by atoms with E-state index in [1.54, 1.807) is 23.6 Å². The van der Waals surface area contributed by atoms with Crippen LogP contribution < -0.4 is 5.56 Å². The average molecular weight is 271 g/mol. The van der Waals surface area contributed by atoms with Gasteiger partial charge in [0.25, 0.3) is 5.56 Å². The topological polar surface area (TPSA) is 55.2 Å². The highest BCUT2D eigenvalue weighted by atomic mass is 16.2. The van der Waals surface area contributed by atoms with Crippen LogP contribution >= 0.6 is 0 Å². The average Bonchev–Trinajstić information content (AvgIpc) is 2.43. The Labute approximate surface area is 117 Å². The molecule has 0 aliphatic heterocycles. The fraction of sp³-hybridized carbons (Fsp3) is 0.267. The monoisotopic (exact) mass is 271 g/mol. The van der Waals surface area contributed by atoms with Gasteiger partial charge in [0.2, 0.25) is 5.91 Å². The summed E-state index contributed by atoms with van der Waals surface area (Å²) < 4.78 is 1.54. The second-order valence-corrected chi connectivity index (χ2v) is 4.83. The molecule has 0 bridgehead atoms. The van der Waals surface area contributed by atoms with Crippen molar-refractivity contribution in [2.45, 2.75) is 13.0 Å². The Morgan fingerprint density at radius 2 is 1.80 bits per heavy atom. The summed E-state index contributed by atoms with van der Waals surface area (Å²) >= 11 is 0. The molecular weight excluding hydrogens is 254 g/mol. The van der Waals surface area contributed by atoms with E-state index in [1.165, 1.54) is 18.6 Å². The number of hydrogen-bond donors (Lipinski definition) is 0. The van der Waals surface area contributed by atoms with Crippen LogP contribution in [0.3, 0.4) is 0 Å². The van der Waals surface area contributed by atoms with Gasteiger partial charge >= 0.3 is 0 Å². The van der Waals surface area contributed by atoms with Crippen molar-refractivity contribution in [3.05, 3.63) is 64.3 Å². The van der Waals surface area contributed by atoms with Crippen LogP contribution in [0.25, 0.3) is 0 Å². The number of rotatable bonds is 4. The summed E-state index contributed by atoms with van der Waals surface area (Å²) in [6.45, 7) is 0.481. The molecule has 0 aliphatic rings. The summed E-state index contributed by atoms with van der Waals surface area (Å²) in [5.41, 5.74) is 1.89. The van der Waals surface area contributed by atoms with Gasteiger partial charge in [-0.2, -0.15) is 0 Å². The van der Waals surface area contributed by atoms with Gasteiger partial charge in [-0.05, 0) is 11.1 Å². The van der Waals surface area contributed by atoms with Gasteiger partial charge in [0.05, 0.1) is 19.3 Å². The maximum Gasteiger partial charge on any atom is 0.253 e. The maximum absolute atomic E-state index is 11.6. The van der Waals surface area contributed by atoms with E-state index in [4.69, 9.17) is 0 Å². The van der Waals surface area contributed by atoms with Crippen molar-refractivity contribution in [1.29, 1.82) is 0 Å². The van der Waals surface area contributed by atoms with Crippen molar-refractivity contribution >= 4 is 5.91 Å². The Balaban J connectivity index is 2.07. The molecule has 5 heteroatoms. The van der Waals surface area contributed by atoms with Crippen LogP contribution in [0.15, 0.2) is 47.7 Å². The summed E-state index contributed by atoms with van der Waals surface area (Å²) in [5, 5.41) is 0. The van der Waals surface area contributed by atoms with Gasteiger partial charge in [0.1, 0.15) is 0 Å². The van der Waals surface area contributed by atoms with E-state index in [0.717, 1.165) is 11.1 Å². The first kappa shape index (κ1) is 14.0. The van der Waals surface area contributed by atoms with Crippen molar-refractivity contribution in [2.24, 2.45) is 0 Å². The zero-order chi connectivity index (χ0) is 14.5. The molecule has 1 heterocycles. The van der Waals surface area contributed by atoms with Gasteiger partial charge in [-0.25, -0.2) is 4.98 Å². The standard InChI is InChI=1S/C15H17N3O2/c1-17(2)15(20)9-12-3-5-13(6-4-12)10-18-11-16-8-7-14(18)19/h3-8,11H,9-10H2,1-2H3. The first-order chi connectivity index (χ1) is 9.56. The van der Waals surface area contributed by atoms with Gasteiger partial charge in [-0.3, -0.25) is 14.2 Å². The highest BCUT2D eigenvalue weighted by molar-refractivity contribution is 5.78. The highest BCUT2D eigenvalue weighted by Gasteiger charge is 2.05. The minimum absolute atomic E-state index is 0.0706. The fourth-order valence-corrected chi connectivity index (χ4v) is 1.79. The van der Waals surface area contributed by atoms with E-state index >= 15 is 0 Å². The number of nitrogens with zero attached hydrogens (tertiary/aromatic N) is 3. The number of hydrogen-bond acceptors (Lipinski definition) is 3. The lowest BCUT2D eigenvalue weighted by Crippen LogP contribution is -2.23. The van der Waals surface area contributed by atoms with Crippen LogP contribution in [-0.2, 0) is 17.8 Å². The minimum Gasteiger partial charge on any atom is -0.349 e. The quantitative estimate of drug-likeness (QED) is 0.831. The number of carbonyl (C=O) groups is 1. The van der Waals surface area contributed by atoms with Crippen molar-refractivity contribution in [3.63, 3.8) is 0 Å². The Morgan fingerprint density at radius 1 is 1.15 bits per heavy atom. The predicted molar refractivity (Wildman–Crippen MR) is 76.4 cm³/mol. The molecule has 1 aromatic heterocycles. The number of aromatic nitrogens is 2. The normalized spacial score (nSPS) is 10.3. The zero-order valence-electron chi connectivity index (χ0n) is 11.6. The molecule has 0 radical (unpaired) electrons. The number of likely N-dealkylation sites (N-methyl/N-ethyl adjacent to an activating group) is 1. The first-order valence-corrected chi connectivity index (χ1v) is 6.34. The Hall–Kier alpha value is -2.43. The van der Waals surface area contributed by atoms with Gasteiger partial charge in [-0.15, -0.1) is 0 Å². The third-order valence-corrected chi connectivity index (χ3v) is 3.02. The van der Waals surface area contributed by atoms with Crippen LogP contribution in [0.5, 0.6) is 0 Å². The second kappa shape index (κ2) is 6.14. The molecule has 5 nitrogen and oxygen atoms in total. The molecule has 0 atom stereocenters. The third-order valence-electron chi connectivity index (χ3n) is 3.02. The lowest BCUT2D eigenvalue weighted by molar-refractivity contribution is -0.127. The molecule has 0 unspecified atom stereocenters. The Kier molecular flexibility index (Phi) is 4.30. The second-order valence-electron chi connectivity index (χ2n) is 4.83. The highest BCUT2D eigenvalue weighted by Crippen LogP contribution is 2.07. The molecule has 2 rings (SSSR count). The van der Waals surface area contributed by atoms with Crippen molar-refractivity contribution in [1.82, 2.24) is 14.5 Å². The van der Waals surface area contributed by atoms with Gasteiger partial charge < -0.3 is 4.90 Å². The van der Waals surface area contributed by atoms with E-state index in [9.17, 15) is 9.59 Å². The van der Waals surface area contributed by atoms with Crippen LogP contribution in [0.2, 0.25) is 0 Å². The summed E-state index contributed by atoms with van der Waals surface area (Å²) in [6.07, 6.45) is 3.39. The van der Waals surface area contributed by atoms with E-state index in [-0.39, 0.29) is 11.5 Å². The van der Waals surface area contributed by atoms with E-state index < -0.39 is 0 Å². The lowest BCUT2D eigenvalue weighted by atomic mass is 10.1. The third kappa shape index (κ3) is 3.54. The number of carbonyl (C=O) groups excluding carboxylic acids is 1. The Bertz CT molecular complexity index is 645. The molecule has 20 heavy (non-hydrogen) atoms. The Morgan fingerprint density at radius 3 is 2.40 bits per heavy atom. The van der Waals surface area contributed by atoms with Crippen molar-refractivity contribution < 1.29 is 4.79 Å². The maximum atomic E-state index is 11.6. The fourth-order valence-electron chi connectivity index (χ4n) is 1.79. The van der Waals surface area contributed by atoms with E-state index in [0.29, 0.717) is 13.0 Å². The summed E-state index contributed by atoms with van der Waals surface area (Å²) in [4.78, 5) is 28.7. The van der Waals surface area contributed by atoms with Crippen molar-refractivity contribution in [2.75, 3.05) is 14.1 Å². The molecule has 0 saturated heterocycles. The molecule has 1 aromatic carbocycles. The molecule has 104 valence electrons. The first-order valence-electron chi connectivity index (χ1n) is 6.34. The SMILES string of the molecule is CN(C)C(=O)Cc1ccc(Cn2cnccc2=O)cc1. The van der Waals surface area contributed by atoms with Gasteiger partial charge in [0.15, 0.2) is 0 Å². The van der Waals surface area contributed by atoms with Crippen LogP contribution in [0.1, 0.15) is 11.1 Å². The van der Waals surface area contributed by atoms with Crippen LogP contribution in [0, 0.1) is 0 Å². The predicted octanol–water partition coefficient (Wildman–Crippen LogP) is 0.922. The summed E-state index contributed by atoms with van der Waals surface area (Å²) in [6, 6.07) is 9.12. The molecule has 0 spiro atoms. The van der Waals surface area contributed by atoms with E-state index in [1.807, 2.05) is 24.3 Å². The van der Waals surface area contributed by atoms with Crippen LogP contribution in [0.4, 0.5) is 0 Å². The molecular formula is C15H17N3O2. The smallest absolute Gasteiger partial charge is 0.253 e. The van der Waals surface area contributed by atoms with Gasteiger partial charge in [0, 0.05) is 26.4 Å². The summed E-state index contributed by atoms with van der Waals surface area (Å²) in [5.74, 6) is 0.0706. The zero-order valence-corrected chi connectivity index (χ0v) is 11.6. The molecule has 0 saturated carbocycles. The van der Waals surface area contributed by atoms with Crippen molar-refractivity contribution in [3.8, 4) is 0 Å². The molecule has 0 N–H and O–H groups in total. The minimum atomic E-state index is -0.0770. The summed E-state index contributed by atoms with van der Waals surface area (Å²) in [7, 11) is 3.48. The lowest BCUT2D eigenvalue weighted by Gasteiger charge is -2.10. The largest absolute Gasteiger partial charge is 0.349 e. The molecule has 0 fully saturated rings. The number of amides is 1. The molecule has 0 aliphatic carbocycles. The van der Waals surface area contributed by atoms with Crippen LogP contribution in [-0.4, -0.2) is 34.5 Å². The van der Waals surface area contributed by atoms with E-state index in [2.05, 4.69) is 4.98 Å². The van der Waals surface area contributed by atoms with Gasteiger partial charge in [-0.1, -0.05) is 24.3 Å². The molecule has 2 aromatic rings. The number of benzene rings is 1. The molecule has 1 amide bonds.